The van der Waals surface area contributed by atoms with Gasteiger partial charge in [-0.1, -0.05) is 0 Å². The van der Waals surface area contributed by atoms with Gasteiger partial charge in [0.05, 0.1) is 11.9 Å². The molecule has 1 unspecified atom stereocenters. The Morgan fingerprint density at radius 3 is 2.77 bits per heavy atom. The second-order valence-corrected chi connectivity index (χ2v) is 3.43. The Bertz CT molecular complexity index is 286. The molecule has 0 bridgehead atoms. The molecule has 1 heterocycles. The molecule has 1 aliphatic rings. The summed E-state index contributed by atoms with van der Waals surface area (Å²) in [5.74, 6) is 0.0502. The van der Waals surface area contributed by atoms with Gasteiger partial charge in [-0.2, -0.15) is 0 Å². The van der Waals surface area contributed by atoms with Crippen LogP contribution in [0.1, 0.15) is 18.5 Å². The summed E-state index contributed by atoms with van der Waals surface area (Å²) in [5, 5.41) is 0. The van der Waals surface area contributed by atoms with Gasteiger partial charge in [0.15, 0.2) is 5.67 Å². The van der Waals surface area contributed by atoms with Crippen molar-refractivity contribution in [1.82, 2.24) is 9.97 Å². The average molecular weight is 181 g/mol. The lowest BCUT2D eigenvalue weighted by Crippen LogP contribution is -2.33. The molecule has 1 saturated carbocycles. The number of aromatic nitrogens is 2. The number of nitrogens with two attached hydrogens (primary N) is 1. The molecule has 0 saturated heterocycles. The van der Waals surface area contributed by atoms with Gasteiger partial charge in [-0.05, 0) is 12.8 Å². The molecule has 0 spiro atoms. The number of hydrogen-bond acceptors (Lipinski definition) is 3. The monoisotopic (exact) mass is 181 g/mol. The van der Waals surface area contributed by atoms with Crippen molar-refractivity contribution >= 4 is 0 Å². The van der Waals surface area contributed by atoms with Gasteiger partial charge in [0.1, 0.15) is 0 Å². The molecule has 0 radical (unpaired) electrons. The first kappa shape index (κ1) is 8.56. The summed E-state index contributed by atoms with van der Waals surface area (Å²) in [6, 6.07) is 0. The predicted octanol–water partition coefficient (Wildman–Crippen LogP) is 1.01. The summed E-state index contributed by atoms with van der Waals surface area (Å²) < 4.78 is 14.2. The number of nitrogens with zero attached hydrogens (tertiary/aromatic N) is 2. The van der Waals surface area contributed by atoms with E-state index in [2.05, 4.69) is 9.97 Å². The van der Waals surface area contributed by atoms with Gasteiger partial charge < -0.3 is 5.73 Å². The van der Waals surface area contributed by atoms with E-state index in [-0.39, 0.29) is 12.5 Å². The Labute approximate surface area is 76.2 Å². The summed E-state index contributed by atoms with van der Waals surface area (Å²) >= 11 is 0. The normalized spacial score (nSPS) is 21.1. The maximum Gasteiger partial charge on any atom is 0.169 e. The zero-order valence-corrected chi connectivity index (χ0v) is 7.28. The van der Waals surface area contributed by atoms with Crippen molar-refractivity contribution in [2.24, 2.45) is 11.7 Å². The van der Waals surface area contributed by atoms with E-state index in [4.69, 9.17) is 5.73 Å². The van der Waals surface area contributed by atoms with Crippen LogP contribution in [-0.4, -0.2) is 16.5 Å². The zero-order chi connectivity index (χ0) is 9.31. The molecular formula is C9H12FN3. The highest BCUT2D eigenvalue weighted by Gasteiger charge is 2.47. The first-order valence-electron chi connectivity index (χ1n) is 4.43. The molecule has 4 heteroatoms. The van der Waals surface area contributed by atoms with Crippen LogP contribution in [0.5, 0.6) is 0 Å². The number of rotatable bonds is 3. The van der Waals surface area contributed by atoms with Crippen LogP contribution in [0.25, 0.3) is 0 Å². The SMILES string of the molecule is NCC(F)(c1cnccn1)C1CC1. The van der Waals surface area contributed by atoms with Gasteiger partial charge in [0.2, 0.25) is 0 Å². The second kappa shape index (κ2) is 3.03. The highest BCUT2D eigenvalue weighted by Crippen LogP contribution is 2.47. The number of alkyl halides is 1. The minimum atomic E-state index is -1.45. The summed E-state index contributed by atoms with van der Waals surface area (Å²) in [6.45, 7) is -0.00361. The third-order valence-electron chi connectivity index (χ3n) is 2.51. The third-order valence-corrected chi connectivity index (χ3v) is 2.51. The topological polar surface area (TPSA) is 51.8 Å². The molecule has 0 aliphatic heterocycles. The maximum absolute atomic E-state index is 14.2. The highest BCUT2D eigenvalue weighted by molar-refractivity contribution is 5.14. The van der Waals surface area contributed by atoms with Crippen molar-refractivity contribution < 1.29 is 4.39 Å². The van der Waals surface area contributed by atoms with E-state index in [0.29, 0.717) is 5.69 Å². The molecule has 1 fully saturated rings. The Balaban J connectivity index is 2.30. The van der Waals surface area contributed by atoms with Gasteiger partial charge in [0.25, 0.3) is 0 Å². The molecule has 0 amide bonds. The van der Waals surface area contributed by atoms with Crippen molar-refractivity contribution in [2.75, 3.05) is 6.54 Å². The predicted molar refractivity (Wildman–Crippen MR) is 46.6 cm³/mol. The quantitative estimate of drug-likeness (QED) is 0.757. The van der Waals surface area contributed by atoms with Gasteiger partial charge in [-0.15, -0.1) is 0 Å². The first-order chi connectivity index (χ1) is 6.27. The van der Waals surface area contributed by atoms with Crippen molar-refractivity contribution in [2.45, 2.75) is 18.5 Å². The molecule has 1 aromatic heterocycles. The Morgan fingerprint density at radius 2 is 2.31 bits per heavy atom. The maximum atomic E-state index is 14.2. The number of hydrogen-bond donors (Lipinski definition) is 1. The van der Waals surface area contributed by atoms with E-state index in [1.165, 1.54) is 18.6 Å². The fraction of sp³-hybridized carbons (Fsp3) is 0.556. The summed E-state index contributed by atoms with van der Waals surface area (Å²) in [6.07, 6.45) is 6.31. The van der Waals surface area contributed by atoms with Crippen molar-refractivity contribution in [3.8, 4) is 0 Å². The van der Waals surface area contributed by atoms with Crippen LogP contribution in [0.4, 0.5) is 4.39 Å². The smallest absolute Gasteiger partial charge is 0.169 e. The molecule has 70 valence electrons. The van der Waals surface area contributed by atoms with E-state index < -0.39 is 5.67 Å². The van der Waals surface area contributed by atoms with Gasteiger partial charge >= 0.3 is 0 Å². The lowest BCUT2D eigenvalue weighted by atomic mass is 9.96. The molecule has 1 aromatic rings. The van der Waals surface area contributed by atoms with Gasteiger partial charge in [-0.25, -0.2) is 4.39 Å². The van der Waals surface area contributed by atoms with E-state index in [1.54, 1.807) is 0 Å². The Morgan fingerprint density at radius 1 is 1.54 bits per heavy atom. The Hall–Kier alpha value is -1.03. The van der Waals surface area contributed by atoms with Crippen molar-refractivity contribution in [3.63, 3.8) is 0 Å². The van der Waals surface area contributed by atoms with E-state index in [9.17, 15) is 4.39 Å². The minimum absolute atomic E-state index is 0.00361. The summed E-state index contributed by atoms with van der Waals surface area (Å²) in [4.78, 5) is 7.82. The van der Waals surface area contributed by atoms with Crippen molar-refractivity contribution in [1.29, 1.82) is 0 Å². The molecule has 3 nitrogen and oxygen atoms in total. The third kappa shape index (κ3) is 1.42. The highest BCUT2D eigenvalue weighted by atomic mass is 19.1. The molecule has 2 rings (SSSR count). The van der Waals surface area contributed by atoms with Gasteiger partial charge in [-0.3, -0.25) is 9.97 Å². The van der Waals surface area contributed by atoms with Crippen LogP contribution in [0.15, 0.2) is 18.6 Å². The minimum Gasteiger partial charge on any atom is -0.327 e. The molecular weight excluding hydrogens is 169 g/mol. The van der Waals surface area contributed by atoms with Crippen LogP contribution in [0.3, 0.4) is 0 Å². The molecule has 0 aromatic carbocycles. The van der Waals surface area contributed by atoms with E-state index in [1.807, 2.05) is 0 Å². The number of halogens is 1. The van der Waals surface area contributed by atoms with Crippen LogP contribution in [-0.2, 0) is 5.67 Å². The summed E-state index contributed by atoms with van der Waals surface area (Å²) in [5.41, 5.74) is 4.36. The zero-order valence-electron chi connectivity index (χ0n) is 7.28. The van der Waals surface area contributed by atoms with Crippen LogP contribution in [0, 0.1) is 5.92 Å². The standard InChI is InChI=1S/C9H12FN3/c10-9(6-11,7-1-2-7)8-5-12-3-4-13-8/h3-5,7H,1-2,6,11H2. The lowest BCUT2D eigenvalue weighted by molar-refractivity contribution is 0.136. The van der Waals surface area contributed by atoms with E-state index in [0.717, 1.165) is 12.8 Å². The average Bonchev–Trinajstić information content (AvgIpc) is 3.02. The summed E-state index contributed by atoms with van der Waals surface area (Å²) in [7, 11) is 0. The van der Waals surface area contributed by atoms with Crippen LogP contribution < -0.4 is 5.73 Å². The molecule has 13 heavy (non-hydrogen) atoms. The fourth-order valence-electron chi connectivity index (χ4n) is 1.53. The van der Waals surface area contributed by atoms with Crippen LogP contribution in [0.2, 0.25) is 0 Å². The lowest BCUT2D eigenvalue weighted by Gasteiger charge is -2.21. The molecule has 1 aliphatic carbocycles. The van der Waals surface area contributed by atoms with Crippen molar-refractivity contribution in [3.05, 3.63) is 24.3 Å². The fourth-order valence-corrected chi connectivity index (χ4v) is 1.53. The first-order valence-corrected chi connectivity index (χ1v) is 4.43. The molecule has 1 atom stereocenters. The molecule has 2 N–H and O–H groups in total. The Kier molecular flexibility index (Phi) is 2.00. The largest absolute Gasteiger partial charge is 0.327 e. The van der Waals surface area contributed by atoms with E-state index >= 15 is 0 Å². The van der Waals surface area contributed by atoms with Crippen LogP contribution >= 0.6 is 0 Å². The second-order valence-electron chi connectivity index (χ2n) is 3.43. The van der Waals surface area contributed by atoms with Gasteiger partial charge in [0, 0.05) is 24.9 Å².